The van der Waals surface area contributed by atoms with Gasteiger partial charge in [-0.05, 0) is 24.1 Å². The van der Waals surface area contributed by atoms with Crippen molar-refractivity contribution in [2.75, 3.05) is 0 Å². The maximum Gasteiger partial charge on any atom is 0.117 e. The summed E-state index contributed by atoms with van der Waals surface area (Å²) in [6.45, 7) is 2.10. The zero-order chi connectivity index (χ0) is 14.7. The van der Waals surface area contributed by atoms with Crippen molar-refractivity contribution in [3.05, 3.63) is 60.4 Å². The molecule has 0 aliphatic heterocycles. The van der Waals surface area contributed by atoms with Crippen LogP contribution in [0.5, 0.6) is 0 Å². The third-order valence-electron chi connectivity index (χ3n) is 3.47. The van der Waals surface area contributed by atoms with E-state index in [2.05, 4.69) is 35.1 Å². The van der Waals surface area contributed by atoms with Gasteiger partial charge in [0.2, 0.25) is 0 Å². The van der Waals surface area contributed by atoms with Gasteiger partial charge in [0, 0.05) is 16.3 Å². The standard InChI is InChI=1S/C17H17N3S/c1-2-14(18)12-7-4-6-10-16(12)21-17-13-8-3-5-9-15(13)19-11-20-17/h3-11,14H,2,18H2,1H3/t14-/m0/s1. The molecular weight excluding hydrogens is 278 g/mol. The van der Waals surface area contributed by atoms with E-state index in [4.69, 9.17) is 5.73 Å². The molecule has 3 rings (SSSR count). The highest BCUT2D eigenvalue weighted by molar-refractivity contribution is 7.99. The van der Waals surface area contributed by atoms with E-state index in [1.807, 2.05) is 30.3 Å². The molecule has 0 fully saturated rings. The molecule has 1 aromatic heterocycles. The quantitative estimate of drug-likeness (QED) is 0.733. The van der Waals surface area contributed by atoms with E-state index in [9.17, 15) is 0 Å². The number of hydrogen-bond acceptors (Lipinski definition) is 4. The summed E-state index contributed by atoms with van der Waals surface area (Å²) < 4.78 is 0. The third-order valence-corrected chi connectivity index (χ3v) is 4.58. The topological polar surface area (TPSA) is 51.8 Å². The highest BCUT2D eigenvalue weighted by atomic mass is 32.2. The van der Waals surface area contributed by atoms with Crippen LogP contribution in [0.4, 0.5) is 0 Å². The fourth-order valence-electron chi connectivity index (χ4n) is 2.27. The molecule has 1 heterocycles. The molecule has 1 atom stereocenters. The minimum atomic E-state index is 0.0572. The monoisotopic (exact) mass is 295 g/mol. The Hall–Kier alpha value is -1.91. The van der Waals surface area contributed by atoms with Crippen LogP contribution in [0.15, 0.2) is 64.8 Å². The zero-order valence-corrected chi connectivity index (χ0v) is 12.7. The lowest BCUT2D eigenvalue weighted by Crippen LogP contribution is -2.09. The molecule has 0 spiro atoms. The summed E-state index contributed by atoms with van der Waals surface area (Å²) in [5, 5.41) is 2.04. The predicted octanol–water partition coefficient (Wildman–Crippen LogP) is 4.19. The first-order valence-corrected chi connectivity index (χ1v) is 7.83. The number of rotatable bonds is 4. The van der Waals surface area contributed by atoms with Gasteiger partial charge in [-0.3, -0.25) is 0 Å². The largest absolute Gasteiger partial charge is 0.324 e. The fourth-order valence-corrected chi connectivity index (χ4v) is 3.34. The van der Waals surface area contributed by atoms with Gasteiger partial charge in [-0.15, -0.1) is 0 Å². The van der Waals surface area contributed by atoms with Crippen molar-refractivity contribution < 1.29 is 0 Å². The lowest BCUT2D eigenvalue weighted by atomic mass is 10.1. The smallest absolute Gasteiger partial charge is 0.117 e. The van der Waals surface area contributed by atoms with E-state index in [0.717, 1.165) is 27.2 Å². The SMILES string of the molecule is CC[C@H](N)c1ccccc1Sc1ncnc2ccccc12. The molecule has 2 aromatic carbocycles. The number of nitrogens with zero attached hydrogens (tertiary/aromatic N) is 2. The van der Waals surface area contributed by atoms with Gasteiger partial charge in [-0.25, -0.2) is 9.97 Å². The normalized spacial score (nSPS) is 12.5. The molecule has 106 valence electrons. The maximum absolute atomic E-state index is 6.22. The van der Waals surface area contributed by atoms with Crippen LogP contribution >= 0.6 is 11.8 Å². The predicted molar refractivity (Wildman–Crippen MR) is 87.3 cm³/mol. The molecule has 21 heavy (non-hydrogen) atoms. The van der Waals surface area contributed by atoms with Crippen LogP contribution in [-0.4, -0.2) is 9.97 Å². The van der Waals surface area contributed by atoms with Crippen molar-refractivity contribution in [3.8, 4) is 0 Å². The minimum absolute atomic E-state index is 0.0572. The summed E-state index contributed by atoms with van der Waals surface area (Å²) in [4.78, 5) is 9.91. The van der Waals surface area contributed by atoms with Crippen LogP contribution in [-0.2, 0) is 0 Å². The van der Waals surface area contributed by atoms with Crippen molar-refractivity contribution in [3.63, 3.8) is 0 Å². The number of benzene rings is 2. The second kappa shape index (κ2) is 6.24. The van der Waals surface area contributed by atoms with E-state index in [1.54, 1.807) is 18.1 Å². The van der Waals surface area contributed by atoms with Crippen molar-refractivity contribution in [1.29, 1.82) is 0 Å². The Morgan fingerprint density at radius 2 is 1.81 bits per heavy atom. The van der Waals surface area contributed by atoms with Gasteiger partial charge in [0.15, 0.2) is 0 Å². The maximum atomic E-state index is 6.22. The summed E-state index contributed by atoms with van der Waals surface area (Å²) in [6.07, 6.45) is 2.54. The number of hydrogen-bond donors (Lipinski definition) is 1. The molecule has 4 heteroatoms. The molecule has 0 aliphatic carbocycles. The lowest BCUT2D eigenvalue weighted by molar-refractivity contribution is 0.685. The summed E-state index contributed by atoms with van der Waals surface area (Å²) in [5.41, 5.74) is 8.35. The molecule has 0 bridgehead atoms. The van der Waals surface area contributed by atoms with Crippen LogP contribution in [0.25, 0.3) is 10.9 Å². The number of aromatic nitrogens is 2. The minimum Gasteiger partial charge on any atom is -0.324 e. The van der Waals surface area contributed by atoms with Crippen LogP contribution < -0.4 is 5.73 Å². The highest BCUT2D eigenvalue weighted by Gasteiger charge is 2.12. The molecule has 0 unspecified atom stereocenters. The van der Waals surface area contributed by atoms with Gasteiger partial charge in [-0.2, -0.15) is 0 Å². The molecule has 0 saturated heterocycles. The average Bonchev–Trinajstić information content (AvgIpc) is 2.55. The lowest BCUT2D eigenvalue weighted by Gasteiger charge is -2.14. The van der Waals surface area contributed by atoms with Gasteiger partial charge >= 0.3 is 0 Å². The Labute approximate surface area is 128 Å². The van der Waals surface area contributed by atoms with Gasteiger partial charge in [-0.1, -0.05) is 55.1 Å². The molecule has 2 N–H and O–H groups in total. The Morgan fingerprint density at radius 3 is 2.67 bits per heavy atom. The number of nitrogens with two attached hydrogens (primary N) is 1. The van der Waals surface area contributed by atoms with Crippen molar-refractivity contribution in [2.45, 2.75) is 29.3 Å². The summed E-state index contributed by atoms with van der Waals surface area (Å²) in [5.74, 6) is 0. The summed E-state index contributed by atoms with van der Waals surface area (Å²) in [6, 6.07) is 16.4. The van der Waals surface area contributed by atoms with Crippen molar-refractivity contribution >= 4 is 22.7 Å². The Bertz CT molecular complexity index is 752. The Kier molecular flexibility index (Phi) is 4.18. The fraction of sp³-hybridized carbons (Fsp3) is 0.176. The van der Waals surface area contributed by atoms with E-state index in [1.165, 1.54) is 5.56 Å². The number of para-hydroxylation sites is 1. The van der Waals surface area contributed by atoms with Crippen LogP contribution in [0.1, 0.15) is 24.9 Å². The van der Waals surface area contributed by atoms with Gasteiger partial charge < -0.3 is 5.73 Å². The molecule has 0 aliphatic rings. The van der Waals surface area contributed by atoms with Crippen molar-refractivity contribution in [2.24, 2.45) is 5.73 Å². The Morgan fingerprint density at radius 1 is 1.05 bits per heavy atom. The van der Waals surface area contributed by atoms with Gasteiger partial charge in [0.1, 0.15) is 11.4 Å². The molecule has 3 aromatic rings. The summed E-state index contributed by atoms with van der Waals surface area (Å²) >= 11 is 1.66. The average molecular weight is 295 g/mol. The third kappa shape index (κ3) is 2.91. The molecule has 0 radical (unpaired) electrons. The van der Waals surface area contributed by atoms with Crippen LogP contribution in [0, 0.1) is 0 Å². The van der Waals surface area contributed by atoms with Gasteiger partial charge in [0.05, 0.1) is 5.52 Å². The van der Waals surface area contributed by atoms with Crippen LogP contribution in [0.2, 0.25) is 0 Å². The first-order chi connectivity index (χ1) is 10.3. The zero-order valence-electron chi connectivity index (χ0n) is 11.9. The van der Waals surface area contributed by atoms with E-state index >= 15 is 0 Å². The van der Waals surface area contributed by atoms with E-state index in [-0.39, 0.29) is 6.04 Å². The van der Waals surface area contributed by atoms with E-state index in [0.29, 0.717) is 0 Å². The first-order valence-electron chi connectivity index (χ1n) is 7.01. The van der Waals surface area contributed by atoms with Crippen LogP contribution in [0.3, 0.4) is 0 Å². The van der Waals surface area contributed by atoms with E-state index < -0.39 is 0 Å². The second-order valence-electron chi connectivity index (χ2n) is 4.85. The molecule has 3 nitrogen and oxygen atoms in total. The summed E-state index contributed by atoms with van der Waals surface area (Å²) in [7, 11) is 0. The van der Waals surface area contributed by atoms with Gasteiger partial charge in [0.25, 0.3) is 0 Å². The molecule has 0 amide bonds. The molecule has 0 saturated carbocycles. The van der Waals surface area contributed by atoms with Crippen molar-refractivity contribution in [1.82, 2.24) is 9.97 Å². The number of fused-ring (bicyclic) bond motifs is 1. The molecular formula is C17H17N3S. The highest BCUT2D eigenvalue weighted by Crippen LogP contribution is 2.35. The first kappa shape index (κ1) is 14.0. The Balaban J connectivity index is 2.03. The second-order valence-corrected chi connectivity index (χ2v) is 5.88.